The second kappa shape index (κ2) is 4.42. The number of pyridine rings is 1. The van der Waals surface area contributed by atoms with Crippen molar-refractivity contribution in [3.63, 3.8) is 0 Å². The molecule has 0 aliphatic heterocycles. The van der Waals surface area contributed by atoms with E-state index in [1.54, 1.807) is 13.1 Å². The van der Waals surface area contributed by atoms with E-state index in [0.717, 1.165) is 12.6 Å². The number of hydrogen-bond donors (Lipinski definition) is 1. The zero-order chi connectivity index (χ0) is 13.5. The molecule has 98 valence electrons. The lowest BCUT2D eigenvalue weighted by atomic mass is 9.90. The summed E-state index contributed by atoms with van der Waals surface area (Å²) in [5.74, 6) is 0.0626. The summed E-state index contributed by atoms with van der Waals surface area (Å²) in [5.41, 5.74) is 0.753. The summed E-state index contributed by atoms with van der Waals surface area (Å²) in [6.45, 7) is 1.75. The third-order valence-electron chi connectivity index (χ3n) is 4.03. The Morgan fingerprint density at radius 1 is 1.26 bits per heavy atom. The van der Waals surface area contributed by atoms with Crippen molar-refractivity contribution >= 4 is 0 Å². The van der Waals surface area contributed by atoms with Gasteiger partial charge in [0.05, 0.1) is 11.8 Å². The monoisotopic (exact) mass is 257 g/mol. The molecule has 1 saturated carbocycles. The standard InChI is InChI=1S/C16H16FNO/c1-16(19,12-7-13(17)10-18-9-12)15-8-14(15)11-5-3-2-4-6-11/h2-7,9-10,14-15,19H,8H2,1H3. The van der Waals surface area contributed by atoms with E-state index in [-0.39, 0.29) is 5.92 Å². The van der Waals surface area contributed by atoms with Crippen molar-refractivity contribution in [3.8, 4) is 0 Å². The number of benzene rings is 1. The Bertz CT molecular complexity index is 582. The summed E-state index contributed by atoms with van der Waals surface area (Å²) >= 11 is 0. The van der Waals surface area contributed by atoms with Gasteiger partial charge in [-0.15, -0.1) is 0 Å². The lowest BCUT2D eigenvalue weighted by Crippen LogP contribution is -2.25. The first-order valence-corrected chi connectivity index (χ1v) is 6.47. The van der Waals surface area contributed by atoms with Crippen LogP contribution in [0.25, 0.3) is 0 Å². The highest BCUT2D eigenvalue weighted by Crippen LogP contribution is 2.56. The van der Waals surface area contributed by atoms with Gasteiger partial charge in [0.25, 0.3) is 0 Å². The first-order chi connectivity index (χ1) is 9.09. The van der Waals surface area contributed by atoms with Crippen molar-refractivity contribution in [2.24, 2.45) is 5.92 Å². The molecule has 0 spiro atoms. The molecule has 0 bridgehead atoms. The number of hydrogen-bond acceptors (Lipinski definition) is 2. The molecule has 1 heterocycles. The summed E-state index contributed by atoms with van der Waals surface area (Å²) in [6.07, 6.45) is 3.62. The number of halogens is 1. The fourth-order valence-corrected chi connectivity index (χ4v) is 2.79. The van der Waals surface area contributed by atoms with Crippen LogP contribution in [0.1, 0.15) is 30.4 Å². The van der Waals surface area contributed by atoms with Gasteiger partial charge in [-0.2, -0.15) is 0 Å². The Morgan fingerprint density at radius 2 is 2.00 bits per heavy atom. The average Bonchev–Trinajstić information content (AvgIpc) is 3.21. The average molecular weight is 257 g/mol. The van der Waals surface area contributed by atoms with E-state index in [1.807, 2.05) is 18.2 Å². The predicted octanol–water partition coefficient (Wildman–Crippen LogP) is 3.23. The van der Waals surface area contributed by atoms with Gasteiger partial charge in [-0.1, -0.05) is 30.3 Å². The first kappa shape index (κ1) is 12.3. The summed E-state index contributed by atoms with van der Waals surface area (Å²) < 4.78 is 13.2. The van der Waals surface area contributed by atoms with Crippen molar-refractivity contribution in [2.45, 2.75) is 24.9 Å². The van der Waals surface area contributed by atoms with E-state index in [1.165, 1.54) is 11.6 Å². The van der Waals surface area contributed by atoms with Gasteiger partial charge in [0.15, 0.2) is 0 Å². The smallest absolute Gasteiger partial charge is 0.141 e. The SMILES string of the molecule is CC(O)(c1cncc(F)c1)C1CC1c1ccccc1. The van der Waals surface area contributed by atoms with Gasteiger partial charge in [-0.3, -0.25) is 4.98 Å². The van der Waals surface area contributed by atoms with E-state index >= 15 is 0 Å². The Kier molecular flexibility index (Phi) is 2.86. The van der Waals surface area contributed by atoms with Gasteiger partial charge in [-0.25, -0.2) is 4.39 Å². The Hall–Kier alpha value is -1.74. The molecule has 2 aromatic rings. The second-order valence-corrected chi connectivity index (χ2v) is 5.40. The molecular formula is C16H16FNO. The van der Waals surface area contributed by atoms with E-state index in [4.69, 9.17) is 0 Å². The number of aromatic nitrogens is 1. The first-order valence-electron chi connectivity index (χ1n) is 6.47. The van der Waals surface area contributed by atoms with Crippen molar-refractivity contribution in [2.75, 3.05) is 0 Å². The molecule has 1 aromatic carbocycles. The zero-order valence-corrected chi connectivity index (χ0v) is 10.8. The highest BCUT2D eigenvalue weighted by Gasteiger charge is 2.50. The fourth-order valence-electron chi connectivity index (χ4n) is 2.79. The molecule has 0 radical (unpaired) electrons. The largest absolute Gasteiger partial charge is 0.385 e. The number of rotatable bonds is 3. The molecule has 1 fully saturated rings. The van der Waals surface area contributed by atoms with Crippen LogP contribution in [0.15, 0.2) is 48.8 Å². The van der Waals surface area contributed by atoms with Crippen molar-refractivity contribution in [1.29, 1.82) is 0 Å². The molecule has 2 nitrogen and oxygen atoms in total. The van der Waals surface area contributed by atoms with Crippen LogP contribution < -0.4 is 0 Å². The Labute approximate surface area is 111 Å². The highest BCUT2D eigenvalue weighted by atomic mass is 19.1. The van der Waals surface area contributed by atoms with Gasteiger partial charge in [-0.05, 0) is 36.8 Å². The maximum atomic E-state index is 13.2. The maximum absolute atomic E-state index is 13.2. The molecule has 1 aliphatic rings. The van der Waals surface area contributed by atoms with Crippen molar-refractivity contribution in [1.82, 2.24) is 4.98 Å². The molecule has 0 amide bonds. The molecule has 3 unspecified atom stereocenters. The predicted molar refractivity (Wildman–Crippen MR) is 71.1 cm³/mol. The Balaban J connectivity index is 1.84. The molecule has 1 N–H and O–H groups in total. The molecule has 3 rings (SSSR count). The minimum absolute atomic E-state index is 0.124. The highest BCUT2D eigenvalue weighted by molar-refractivity contribution is 5.31. The van der Waals surface area contributed by atoms with E-state index in [9.17, 15) is 9.50 Å². The maximum Gasteiger partial charge on any atom is 0.141 e. The van der Waals surface area contributed by atoms with Gasteiger partial charge in [0.2, 0.25) is 0 Å². The van der Waals surface area contributed by atoms with Crippen LogP contribution in [-0.2, 0) is 5.60 Å². The summed E-state index contributed by atoms with van der Waals surface area (Å²) in [7, 11) is 0. The van der Waals surface area contributed by atoms with Crippen LogP contribution in [0.4, 0.5) is 4.39 Å². The normalized spacial score (nSPS) is 24.8. The minimum atomic E-state index is -1.03. The molecule has 0 saturated heterocycles. The van der Waals surface area contributed by atoms with Crippen LogP contribution >= 0.6 is 0 Å². The van der Waals surface area contributed by atoms with Gasteiger partial charge in [0.1, 0.15) is 5.82 Å². The van der Waals surface area contributed by atoms with Gasteiger partial charge in [0, 0.05) is 11.8 Å². The van der Waals surface area contributed by atoms with E-state index in [0.29, 0.717) is 11.5 Å². The number of nitrogens with zero attached hydrogens (tertiary/aromatic N) is 1. The number of aliphatic hydroxyl groups is 1. The molecule has 1 aromatic heterocycles. The lowest BCUT2D eigenvalue weighted by molar-refractivity contribution is 0.0302. The molecule has 3 atom stereocenters. The van der Waals surface area contributed by atoms with Crippen LogP contribution in [0, 0.1) is 11.7 Å². The second-order valence-electron chi connectivity index (χ2n) is 5.40. The van der Waals surface area contributed by atoms with Crippen molar-refractivity contribution < 1.29 is 9.50 Å². The van der Waals surface area contributed by atoms with Crippen molar-refractivity contribution in [3.05, 3.63) is 65.7 Å². The third kappa shape index (κ3) is 2.26. The lowest BCUT2D eigenvalue weighted by Gasteiger charge is -2.24. The molecular weight excluding hydrogens is 241 g/mol. The van der Waals surface area contributed by atoms with Gasteiger partial charge < -0.3 is 5.11 Å². The molecule has 19 heavy (non-hydrogen) atoms. The van der Waals surface area contributed by atoms with Gasteiger partial charge >= 0.3 is 0 Å². The van der Waals surface area contributed by atoms with Crippen LogP contribution in [0.3, 0.4) is 0 Å². The Morgan fingerprint density at radius 3 is 2.68 bits per heavy atom. The molecule has 3 heteroatoms. The van der Waals surface area contributed by atoms with E-state index < -0.39 is 11.4 Å². The summed E-state index contributed by atoms with van der Waals surface area (Å²) in [5, 5.41) is 10.7. The van der Waals surface area contributed by atoms with Crippen LogP contribution in [0.5, 0.6) is 0 Å². The van der Waals surface area contributed by atoms with Crippen LogP contribution in [-0.4, -0.2) is 10.1 Å². The summed E-state index contributed by atoms with van der Waals surface area (Å²) in [6, 6.07) is 11.5. The quantitative estimate of drug-likeness (QED) is 0.915. The summed E-state index contributed by atoms with van der Waals surface area (Å²) in [4.78, 5) is 3.82. The topological polar surface area (TPSA) is 33.1 Å². The minimum Gasteiger partial charge on any atom is -0.385 e. The van der Waals surface area contributed by atoms with Crippen LogP contribution in [0.2, 0.25) is 0 Å². The third-order valence-corrected chi connectivity index (χ3v) is 4.03. The fraction of sp³-hybridized carbons (Fsp3) is 0.312. The zero-order valence-electron chi connectivity index (χ0n) is 10.8. The molecule has 1 aliphatic carbocycles. The van der Waals surface area contributed by atoms with E-state index in [2.05, 4.69) is 17.1 Å².